The minimum Gasteiger partial charge on any atom is -0.491 e. The standard InChI is InChI=1S/C18H23ClN4O2/c1-15(23-8-4-7-20-23)18(24)22-11-9-21(10-12-22)13-14-25-17-6-3-2-5-16(17)19/h2-8,15H,9-14H2,1H3. The third-order valence-electron chi connectivity index (χ3n) is 4.46. The Kier molecular flexibility index (Phi) is 5.94. The Balaban J connectivity index is 1.41. The van der Waals surface area contributed by atoms with Crippen molar-refractivity contribution >= 4 is 17.5 Å². The average molecular weight is 363 g/mol. The van der Waals surface area contributed by atoms with E-state index in [1.807, 2.05) is 48.4 Å². The molecule has 0 aliphatic carbocycles. The summed E-state index contributed by atoms with van der Waals surface area (Å²) in [5.74, 6) is 0.835. The van der Waals surface area contributed by atoms with Crippen LogP contribution in [0.3, 0.4) is 0 Å². The summed E-state index contributed by atoms with van der Waals surface area (Å²) >= 11 is 6.08. The normalized spacial score (nSPS) is 16.6. The van der Waals surface area contributed by atoms with Gasteiger partial charge in [-0.25, -0.2) is 0 Å². The first-order chi connectivity index (χ1) is 12.1. The highest BCUT2D eigenvalue weighted by Crippen LogP contribution is 2.23. The molecule has 25 heavy (non-hydrogen) atoms. The summed E-state index contributed by atoms with van der Waals surface area (Å²) in [5.41, 5.74) is 0. The van der Waals surface area contributed by atoms with E-state index < -0.39 is 0 Å². The number of carbonyl (C=O) groups is 1. The summed E-state index contributed by atoms with van der Waals surface area (Å²) in [6.07, 6.45) is 3.52. The monoisotopic (exact) mass is 362 g/mol. The molecule has 7 heteroatoms. The van der Waals surface area contributed by atoms with Crippen molar-refractivity contribution < 1.29 is 9.53 Å². The molecule has 1 amide bonds. The average Bonchev–Trinajstić information content (AvgIpc) is 3.17. The number of nitrogens with zero attached hydrogens (tertiary/aromatic N) is 4. The van der Waals surface area contributed by atoms with E-state index in [1.165, 1.54) is 0 Å². The molecular formula is C18H23ClN4O2. The van der Waals surface area contributed by atoms with Crippen LogP contribution >= 0.6 is 11.6 Å². The molecule has 2 aromatic rings. The molecule has 6 nitrogen and oxygen atoms in total. The molecule has 1 atom stereocenters. The Morgan fingerprint density at radius 1 is 1.24 bits per heavy atom. The number of ether oxygens (including phenoxy) is 1. The van der Waals surface area contributed by atoms with Crippen LogP contribution in [0.5, 0.6) is 5.75 Å². The topological polar surface area (TPSA) is 50.6 Å². The molecule has 1 aliphatic heterocycles. The van der Waals surface area contributed by atoms with E-state index in [9.17, 15) is 4.79 Å². The smallest absolute Gasteiger partial charge is 0.247 e. The third kappa shape index (κ3) is 4.52. The van der Waals surface area contributed by atoms with Gasteiger partial charge in [0.1, 0.15) is 18.4 Å². The van der Waals surface area contributed by atoms with Gasteiger partial charge in [-0.3, -0.25) is 14.4 Å². The predicted octanol–water partition coefficient (Wildman–Crippen LogP) is 2.32. The van der Waals surface area contributed by atoms with E-state index in [1.54, 1.807) is 10.9 Å². The molecular weight excluding hydrogens is 340 g/mol. The Labute approximate surface area is 152 Å². The predicted molar refractivity (Wildman–Crippen MR) is 96.9 cm³/mol. The molecule has 1 aromatic heterocycles. The number of halogens is 1. The summed E-state index contributed by atoms with van der Waals surface area (Å²) < 4.78 is 7.44. The lowest BCUT2D eigenvalue weighted by Gasteiger charge is -2.35. The van der Waals surface area contributed by atoms with Gasteiger partial charge in [-0.1, -0.05) is 23.7 Å². The molecule has 1 aliphatic rings. The van der Waals surface area contributed by atoms with Gasteiger partial charge in [0.15, 0.2) is 0 Å². The van der Waals surface area contributed by atoms with Gasteiger partial charge in [0.25, 0.3) is 0 Å². The largest absolute Gasteiger partial charge is 0.491 e. The molecule has 0 bridgehead atoms. The Bertz CT molecular complexity index is 684. The summed E-state index contributed by atoms with van der Waals surface area (Å²) in [6, 6.07) is 9.06. The van der Waals surface area contributed by atoms with E-state index in [-0.39, 0.29) is 11.9 Å². The van der Waals surface area contributed by atoms with Crippen LogP contribution in [0.2, 0.25) is 5.02 Å². The second-order valence-electron chi connectivity index (χ2n) is 6.11. The van der Waals surface area contributed by atoms with Crippen molar-refractivity contribution in [3.05, 3.63) is 47.7 Å². The number of hydrogen-bond acceptors (Lipinski definition) is 4. The fourth-order valence-corrected chi connectivity index (χ4v) is 3.12. The van der Waals surface area contributed by atoms with E-state index in [2.05, 4.69) is 10.00 Å². The molecule has 0 saturated carbocycles. The first-order valence-electron chi connectivity index (χ1n) is 8.53. The first-order valence-corrected chi connectivity index (χ1v) is 8.90. The Morgan fingerprint density at radius 3 is 2.68 bits per heavy atom. The van der Waals surface area contributed by atoms with Crippen molar-refractivity contribution in [3.63, 3.8) is 0 Å². The maximum absolute atomic E-state index is 12.5. The molecule has 3 rings (SSSR count). The third-order valence-corrected chi connectivity index (χ3v) is 4.78. The highest BCUT2D eigenvalue weighted by molar-refractivity contribution is 6.32. The summed E-state index contributed by atoms with van der Waals surface area (Å²) in [6.45, 7) is 6.46. The number of aromatic nitrogens is 2. The number of benzene rings is 1. The van der Waals surface area contributed by atoms with Crippen LogP contribution in [-0.4, -0.2) is 64.8 Å². The number of amides is 1. The van der Waals surface area contributed by atoms with E-state index in [0.29, 0.717) is 17.4 Å². The van der Waals surface area contributed by atoms with Crippen LogP contribution in [-0.2, 0) is 4.79 Å². The summed E-state index contributed by atoms with van der Waals surface area (Å²) in [5, 5.41) is 4.78. The van der Waals surface area contributed by atoms with E-state index in [0.717, 1.165) is 32.7 Å². The first kappa shape index (κ1) is 17.8. The van der Waals surface area contributed by atoms with Crippen LogP contribution < -0.4 is 4.74 Å². The minimum atomic E-state index is -0.259. The van der Waals surface area contributed by atoms with Crippen LogP contribution in [0.15, 0.2) is 42.7 Å². The quantitative estimate of drug-likeness (QED) is 0.791. The fraction of sp³-hybridized carbons (Fsp3) is 0.444. The zero-order valence-corrected chi connectivity index (χ0v) is 15.1. The number of para-hydroxylation sites is 1. The van der Waals surface area contributed by atoms with Crippen molar-refractivity contribution in [3.8, 4) is 5.75 Å². The number of hydrogen-bond donors (Lipinski definition) is 0. The zero-order valence-electron chi connectivity index (χ0n) is 14.3. The molecule has 0 spiro atoms. The lowest BCUT2D eigenvalue weighted by atomic mass is 10.2. The van der Waals surface area contributed by atoms with Gasteiger partial charge >= 0.3 is 0 Å². The van der Waals surface area contributed by atoms with Crippen molar-refractivity contribution in [2.24, 2.45) is 0 Å². The van der Waals surface area contributed by atoms with Gasteiger partial charge < -0.3 is 9.64 Å². The maximum atomic E-state index is 12.5. The highest BCUT2D eigenvalue weighted by Gasteiger charge is 2.25. The zero-order chi connectivity index (χ0) is 17.6. The highest BCUT2D eigenvalue weighted by atomic mass is 35.5. The minimum absolute atomic E-state index is 0.121. The van der Waals surface area contributed by atoms with Gasteiger partial charge in [0, 0.05) is 45.1 Å². The maximum Gasteiger partial charge on any atom is 0.247 e. The second kappa shape index (κ2) is 8.36. The molecule has 1 saturated heterocycles. The lowest BCUT2D eigenvalue weighted by molar-refractivity contribution is -0.136. The van der Waals surface area contributed by atoms with Crippen molar-refractivity contribution in [1.29, 1.82) is 0 Å². The van der Waals surface area contributed by atoms with Crippen molar-refractivity contribution in [2.45, 2.75) is 13.0 Å². The van der Waals surface area contributed by atoms with Crippen molar-refractivity contribution in [2.75, 3.05) is 39.3 Å². The molecule has 2 heterocycles. The number of rotatable bonds is 6. The second-order valence-corrected chi connectivity index (χ2v) is 6.52. The van der Waals surface area contributed by atoms with E-state index in [4.69, 9.17) is 16.3 Å². The van der Waals surface area contributed by atoms with Crippen LogP contribution in [0.1, 0.15) is 13.0 Å². The van der Waals surface area contributed by atoms with Gasteiger partial charge in [0.2, 0.25) is 5.91 Å². The van der Waals surface area contributed by atoms with Crippen LogP contribution in [0.4, 0.5) is 0 Å². The van der Waals surface area contributed by atoms with Gasteiger partial charge in [-0.05, 0) is 25.1 Å². The fourth-order valence-electron chi connectivity index (χ4n) is 2.93. The summed E-state index contributed by atoms with van der Waals surface area (Å²) in [7, 11) is 0. The van der Waals surface area contributed by atoms with Gasteiger partial charge in [-0.15, -0.1) is 0 Å². The van der Waals surface area contributed by atoms with Gasteiger partial charge in [-0.2, -0.15) is 5.10 Å². The van der Waals surface area contributed by atoms with Crippen LogP contribution in [0.25, 0.3) is 0 Å². The number of piperazine rings is 1. The molecule has 1 unspecified atom stereocenters. The SMILES string of the molecule is CC(C(=O)N1CCN(CCOc2ccccc2Cl)CC1)n1cccn1. The molecule has 134 valence electrons. The lowest BCUT2D eigenvalue weighted by Crippen LogP contribution is -2.51. The molecule has 1 fully saturated rings. The Morgan fingerprint density at radius 2 is 2.00 bits per heavy atom. The Hall–Kier alpha value is -2.05. The molecule has 0 radical (unpaired) electrons. The van der Waals surface area contributed by atoms with Gasteiger partial charge in [0.05, 0.1) is 5.02 Å². The van der Waals surface area contributed by atoms with E-state index >= 15 is 0 Å². The summed E-state index contributed by atoms with van der Waals surface area (Å²) in [4.78, 5) is 16.8. The van der Waals surface area contributed by atoms with Crippen LogP contribution in [0, 0.1) is 0 Å². The van der Waals surface area contributed by atoms with Crippen molar-refractivity contribution in [1.82, 2.24) is 19.6 Å². The molecule has 0 N–H and O–H groups in total. The number of carbonyl (C=O) groups excluding carboxylic acids is 1. The molecule has 1 aromatic carbocycles.